The molecule has 2 aromatic heterocycles. The fraction of sp³-hybridized carbons (Fsp3) is 0.615. The van der Waals surface area contributed by atoms with Crippen LogP contribution in [0.1, 0.15) is 12.6 Å². The van der Waals surface area contributed by atoms with Crippen LogP contribution < -0.4 is 5.73 Å². The summed E-state index contributed by atoms with van der Waals surface area (Å²) in [6, 6.07) is 0. The number of hydrogen-bond acceptors (Lipinski definition) is 10. The normalized spacial score (nSPS) is 24.9. The molecule has 1 fully saturated rings. The van der Waals surface area contributed by atoms with Crippen LogP contribution in [0.5, 0.6) is 0 Å². The highest BCUT2D eigenvalue weighted by Gasteiger charge is 2.37. The van der Waals surface area contributed by atoms with Crippen molar-refractivity contribution in [2.24, 2.45) is 0 Å². The molecule has 0 aromatic carbocycles. The van der Waals surface area contributed by atoms with Crippen LogP contribution in [0.25, 0.3) is 11.2 Å². The molecule has 13 heteroatoms. The smallest absolute Gasteiger partial charge is 0.353 e. The van der Waals surface area contributed by atoms with Crippen molar-refractivity contribution >= 4 is 24.6 Å². The molecule has 12 nitrogen and oxygen atoms in total. The Kier molecular flexibility index (Phi) is 7.01. The number of nitrogens with zero attached hydrogens (tertiary/aromatic N) is 4. The molecule has 1 saturated heterocycles. The van der Waals surface area contributed by atoms with Crippen LogP contribution in [0.4, 0.5) is 5.82 Å². The minimum absolute atomic E-state index is 0.238. The number of aliphatic hydroxyl groups is 2. The first kappa shape index (κ1) is 20.6. The van der Waals surface area contributed by atoms with Crippen LogP contribution in [0.2, 0.25) is 0 Å². The Morgan fingerprint density at radius 3 is 2.85 bits per heavy atom. The second-order valence-electron chi connectivity index (χ2n) is 5.37. The predicted octanol–water partition coefficient (Wildman–Crippen LogP) is -0.529. The number of fused-ring (bicyclic) bond motifs is 1. The first-order valence-corrected chi connectivity index (χ1v) is 9.34. The Morgan fingerprint density at radius 2 is 2.15 bits per heavy atom. The Labute approximate surface area is 149 Å². The molecule has 0 aliphatic carbocycles. The fourth-order valence-electron chi connectivity index (χ4n) is 2.51. The molecule has 1 aliphatic heterocycles. The molecule has 0 radical (unpaired) electrons. The number of imidazole rings is 1. The van der Waals surface area contributed by atoms with E-state index in [0.717, 1.165) is 7.11 Å². The minimum atomic E-state index is -3.87. The van der Waals surface area contributed by atoms with Crippen molar-refractivity contribution in [3.05, 3.63) is 12.7 Å². The Hall–Kier alpha value is -1.66. The average Bonchev–Trinajstić information content (AvgIpc) is 3.19. The second-order valence-corrected chi connectivity index (χ2v) is 7.16. The molecule has 4 atom stereocenters. The molecule has 0 bridgehead atoms. The molecule has 0 spiro atoms. The van der Waals surface area contributed by atoms with Gasteiger partial charge in [0.1, 0.15) is 30.5 Å². The predicted molar refractivity (Wildman–Crippen MR) is 90.1 cm³/mol. The molecule has 2 aromatic rings. The third kappa shape index (κ3) is 4.54. The van der Waals surface area contributed by atoms with Gasteiger partial charge in [0.2, 0.25) is 0 Å². The van der Waals surface area contributed by atoms with Gasteiger partial charge in [0, 0.05) is 20.6 Å². The summed E-state index contributed by atoms with van der Waals surface area (Å²) in [7, 11) is -1.57. The summed E-state index contributed by atoms with van der Waals surface area (Å²) in [6.07, 6.45) is 0.462. The highest BCUT2D eigenvalue weighted by Crippen LogP contribution is 2.43. The van der Waals surface area contributed by atoms with Gasteiger partial charge in [0.25, 0.3) is 0 Å². The maximum Gasteiger partial charge on any atom is 0.353 e. The maximum atomic E-state index is 11.6. The zero-order chi connectivity index (χ0) is 19.3. The second kappa shape index (κ2) is 8.82. The van der Waals surface area contributed by atoms with Gasteiger partial charge in [-0.05, 0) is 0 Å². The standard InChI is InChI=1S/C12H18N5O6P.CH4O/c1-21-6-24(19,20)22-3-8-7(18)2-9(23-8)17-5-16-10-11(13)14-4-15-12(10)17;1-2/h4-5,7-9,18H,2-3,6H2,1H3,(H,19,20)(H2,13,14,15);2H,1H3/t7-,8+,9+;/m0./s1. The third-order valence-corrected chi connectivity index (χ3v) is 4.77. The van der Waals surface area contributed by atoms with Gasteiger partial charge >= 0.3 is 7.60 Å². The fourth-order valence-corrected chi connectivity index (χ4v) is 3.29. The molecule has 5 N–H and O–H groups in total. The van der Waals surface area contributed by atoms with Crippen molar-refractivity contribution < 1.29 is 33.7 Å². The number of hydrogen-bond donors (Lipinski definition) is 4. The van der Waals surface area contributed by atoms with E-state index in [1.807, 2.05) is 0 Å². The Balaban J connectivity index is 0.00000117. The molecule has 146 valence electrons. The zero-order valence-corrected chi connectivity index (χ0v) is 15.2. The van der Waals surface area contributed by atoms with Gasteiger partial charge < -0.3 is 34.8 Å². The van der Waals surface area contributed by atoms with Gasteiger partial charge in [-0.1, -0.05) is 0 Å². The van der Waals surface area contributed by atoms with E-state index in [2.05, 4.69) is 19.7 Å². The van der Waals surface area contributed by atoms with Crippen molar-refractivity contribution in [2.45, 2.75) is 24.9 Å². The molecule has 1 aliphatic rings. The van der Waals surface area contributed by atoms with Crippen LogP contribution in [0.15, 0.2) is 12.7 Å². The van der Waals surface area contributed by atoms with E-state index >= 15 is 0 Å². The van der Waals surface area contributed by atoms with Crippen LogP contribution in [0, 0.1) is 0 Å². The van der Waals surface area contributed by atoms with Crippen LogP contribution in [-0.2, 0) is 18.6 Å². The molecule has 0 amide bonds. The van der Waals surface area contributed by atoms with Crippen molar-refractivity contribution in [1.29, 1.82) is 0 Å². The summed E-state index contributed by atoms with van der Waals surface area (Å²) in [5.41, 5.74) is 6.66. The first-order valence-electron chi connectivity index (χ1n) is 7.58. The molecule has 0 saturated carbocycles. The van der Waals surface area contributed by atoms with Gasteiger partial charge in [-0.25, -0.2) is 15.0 Å². The molecule has 1 unspecified atom stereocenters. The van der Waals surface area contributed by atoms with Crippen molar-refractivity contribution in [3.63, 3.8) is 0 Å². The number of rotatable bonds is 6. The largest absolute Gasteiger partial charge is 0.400 e. The average molecular weight is 391 g/mol. The van der Waals surface area contributed by atoms with Crippen molar-refractivity contribution in [2.75, 3.05) is 32.9 Å². The summed E-state index contributed by atoms with van der Waals surface area (Å²) in [5.74, 6) is 0.248. The van der Waals surface area contributed by atoms with Gasteiger partial charge in [-0.2, -0.15) is 0 Å². The Morgan fingerprint density at radius 1 is 1.42 bits per heavy atom. The molecule has 26 heavy (non-hydrogen) atoms. The van der Waals surface area contributed by atoms with Crippen LogP contribution in [0.3, 0.4) is 0 Å². The minimum Gasteiger partial charge on any atom is -0.400 e. The summed E-state index contributed by atoms with van der Waals surface area (Å²) in [5, 5.41) is 17.1. The lowest BCUT2D eigenvalue weighted by Gasteiger charge is -2.18. The summed E-state index contributed by atoms with van der Waals surface area (Å²) in [6.45, 7) is -0.238. The Bertz CT molecular complexity index is 772. The van der Waals surface area contributed by atoms with E-state index in [4.69, 9.17) is 20.1 Å². The van der Waals surface area contributed by atoms with Crippen LogP contribution in [-0.4, -0.2) is 74.0 Å². The SMILES string of the molecule is CO.COCP(=O)(O)OC[C@H]1O[C@@H](n2cnc3c(N)ncnc32)C[C@@H]1O. The summed E-state index contributed by atoms with van der Waals surface area (Å²) < 4.78 is 28.5. The number of nitrogen functional groups attached to an aromatic ring is 1. The van der Waals surface area contributed by atoms with Gasteiger partial charge in [0.15, 0.2) is 11.5 Å². The number of ether oxygens (including phenoxy) is 2. The molecular weight excluding hydrogens is 369 g/mol. The summed E-state index contributed by atoms with van der Waals surface area (Å²) in [4.78, 5) is 21.6. The van der Waals surface area contributed by atoms with Crippen molar-refractivity contribution in [3.8, 4) is 0 Å². The number of methoxy groups -OCH3 is 1. The topological polar surface area (TPSA) is 175 Å². The lowest BCUT2D eigenvalue weighted by molar-refractivity contribution is -0.0404. The lowest BCUT2D eigenvalue weighted by atomic mass is 10.2. The summed E-state index contributed by atoms with van der Waals surface area (Å²) >= 11 is 0. The van der Waals surface area contributed by atoms with Crippen molar-refractivity contribution in [1.82, 2.24) is 19.5 Å². The molecular formula is C13H22N5O7P. The molecule has 3 heterocycles. The third-order valence-electron chi connectivity index (χ3n) is 3.63. The maximum absolute atomic E-state index is 11.6. The van der Waals surface area contributed by atoms with Gasteiger partial charge in [-0.3, -0.25) is 9.13 Å². The van der Waals surface area contributed by atoms with E-state index in [1.54, 1.807) is 4.57 Å². The van der Waals surface area contributed by atoms with E-state index in [1.165, 1.54) is 19.8 Å². The van der Waals surface area contributed by atoms with E-state index < -0.39 is 32.4 Å². The van der Waals surface area contributed by atoms with Gasteiger partial charge in [-0.15, -0.1) is 0 Å². The van der Waals surface area contributed by atoms with E-state index in [-0.39, 0.29) is 18.8 Å². The highest BCUT2D eigenvalue weighted by molar-refractivity contribution is 7.52. The lowest BCUT2D eigenvalue weighted by Crippen LogP contribution is -2.26. The highest BCUT2D eigenvalue weighted by atomic mass is 31.2. The number of nitrogens with two attached hydrogens (primary N) is 1. The number of aliphatic hydroxyl groups excluding tert-OH is 2. The zero-order valence-electron chi connectivity index (χ0n) is 14.3. The first-order chi connectivity index (χ1) is 12.4. The molecule has 3 rings (SSSR count). The van der Waals surface area contributed by atoms with E-state index in [0.29, 0.717) is 11.2 Å². The monoisotopic (exact) mass is 391 g/mol. The number of anilines is 1. The van der Waals surface area contributed by atoms with E-state index in [9.17, 15) is 14.6 Å². The quantitative estimate of drug-likeness (QED) is 0.466. The number of aromatic nitrogens is 4. The van der Waals surface area contributed by atoms with Crippen LogP contribution >= 0.6 is 7.60 Å². The van der Waals surface area contributed by atoms with Gasteiger partial charge in [0.05, 0.1) is 19.0 Å².